The number of Topliss-reactive ketones (excluding diaryl/α,β-unsaturated/α-hetero) is 1. The quantitative estimate of drug-likeness (QED) is 0.598. The zero-order chi connectivity index (χ0) is 21.0. The second-order valence-electron chi connectivity index (χ2n) is 8.80. The van der Waals surface area contributed by atoms with E-state index in [1.807, 2.05) is 44.2 Å². The number of hydrogen-bond donors (Lipinski definition) is 1. The molecule has 1 aliphatic carbocycles. The molecule has 0 aromatic heterocycles. The normalized spacial score (nSPS) is 19.8. The minimum atomic E-state index is -0.435. The zero-order valence-electron chi connectivity index (χ0n) is 17.4. The van der Waals surface area contributed by atoms with E-state index in [0.29, 0.717) is 12.8 Å². The highest BCUT2D eigenvalue weighted by atomic mass is 16.5. The molecule has 1 heterocycles. The first kappa shape index (κ1) is 18.7. The van der Waals surface area contributed by atoms with Gasteiger partial charge in [-0.2, -0.15) is 0 Å². The van der Waals surface area contributed by atoms with E-state index in [1.165, 1.54) is 0 Å². The number of methoxy groups -OCH3 is 1. The summed E-state index contributed by atoms with van der Waals surface area (Å²) < 4.78 is 11.7. The topological polar surface area (TPSA) is 55.8 Å². The Hall–Kier alpha value is -3.27. The van der Waals surface area contributed by atoms with Crippen molar-refractivity contribution in [2.45, 2.75) is 32.6 Å². The Bertz CT molecular complexity index is 1200. The lowest BCUT2D eigenvalue weighted by Crippen LogP contribution is -2.34. The van der Waals surface area contributed by atoms with Gasteiger partial charge in [0.05, 0.1) is 7.11 Å². The Kier molecular flexibility index (Phi) is 4.14. The van der Waals surface area contributed by atoms with Gasteiger partial charge in [-0.25, -0.2) is 0 Å². The van der Waals surface area contributed by atoms with Crippen LogP contribution in [0.1, 0.15) is 43.7 Å². The molecule has 2 aliphatic rings. The lowest BCUT2D eigenvalue weighted by Gasteiger charge is -2.39. The Labute approximate surface area is 175 Å². The van der Waals surface area contributed by atoms with Crippen LogP contribution >= 0.6 is 0 Å². The predicted molar refractivity (Wildman–Crippen MR) is 116 cm³/mol. The van der Waals surface area contributed by atoms with E-state index in [-0.39, 0.29) is 17.5 Å². The highest BCUT2D eigenvalue weighted by Crippen LogP contribution is 2.52. The number of phenols is 1. The average Bonchev–Trinajstić information content (AvgIpc) is 2.73. The second kappa shape index (κ2) is 6.63. The number of carbonyl (C=O) groups excluding carboxylic acids is 1. The van der Waals surface area contributed by atoms with Crippen LogP contribution in [0.15, 0.2) is 65.9 Å². The van der Waals surface area contributed by atoms with Crippen LogP contribution in [0.4, 0.5) is 0 Å². The van der Waals surface area contributed by atoms with E-state index >= 15 is 0 Å². The maximum absolute atomic E-state index is 12.9. The molecule has 0 spiro atoms. The number of benzene rings is 3. The van der Waals surface area contributed by atoms with E-state index in [0.717, 1.165) is 44.7 Å². The predicted octanol–water partition coefficient (Wildman–Crippen LogP) is 5.72. The lowest BCUT2D eigenvalue weighted by atomic mass is 9.69. The van der Waals surface area contributed by atoms with Gasteiger partial charge in [-0.3, -0.25) is 4.79 Å². The molecule has 1 N–H and O–H groups in total. The number of carbonyl (C=O) groups is 1. The number of hydrogen-bond acceptors (Lipinski definition) is 4. The van der Waals surface area contributed by atoms with Crippen molar-refractivity contribution in [1.29, 1.82) is 0 Å². The molecule has 152 valence electrons. The van der Waals surface area contributed by atoms with Gasteiger partial charge in [-0.05, 0) is 52.2 Å². The van der Waals surface area contributed by atoms with Gasteiger partial charge in [0.1, 0.15) is 28.8 Å². The van der Waals surface area contributed by atoms with Crippen molar-refractivity contribution in [3.8, 4) is 17.2 Å². The van der Waals surface area contributed by atoms with E-state index in [1.54, 1.807) is 19.2 Å². The molecule has 0 saturated heterocycles. The van der Waals surface area contributed by atoms with Gasteiger partial charge in [0.25, 0.3) is 0 Å². The van der Waals surface area contributed by atoms with Crippen molar-refractivity contribution in [2.75, 3.05) is 7.11 Å². The molecule has 1 aliphatic heterocycles. The van der Waals surface area contributed by atoms with Crippen LogP contribution in [0.5, 0.6) is 17.2 Å². The van der Waals surface area contributed by atoms with Gasteiger partial charge in [0.2, 0.25) is 0 Å². The van der Waals surface area contributed by atoms with Crippen molar-refractivity contribution in [1.82, 2.24) is 0 Å². The molecule has 3 aromatic carbocycles. The molecule has 0 radical (unpaired) electrons. The standard InChI is InChI=1S/C26H24O4/c1-26(2)14-22-20(13-23(26)28)24(16-5-9-18(29-3)10-6-16)25-19-12-17(27)8-4-15(19)7-11-21(25)30-22/h4-12,24,27H,13-14H2,1-3H3. The summed E-state index contributed by atoms with van der Waals surface area (Å²) >= 11 is 0. The van der Waals surface area contributed by atoms with E-state index in [9.17, 15) is 9.90 Å². The third kappa shape index (κ3) is 2.86. The number of allylic oxidation sites excluding steroid dienone is 2. The molecule has 0 fully saturated rings. The Morgan fingerprint density at radius 1 is 1.07 bits per heavy atom. The van der Waals surface area contributed by atoms with Gasteiger partial charge in [-0.15, -0.1) is 0 Å². The van der Waals surface area contributed by atoms with E-state index in [2.05, 4.69) is 12.1 Å². The minimum Gasteiger partial charge on any atom is -0.508 e. The number of phenolic OH excluding ortho intramolecular Hbond substituents is 1. The highest BCUT2D eigenvalue weighted by Gasteiger charge is 2.42. The first-order chi connectivity index (χ1) is 14.4. The van der Waals surface area contributed by atoms with Gasteiger partial charge >= 0.3 is 0 Å². The summed E-state index contributed by atoms with van der Waals surface area (Å²) in [5.74, 6) is 2.81. The number of ketones is 1. The van der Waals surface area contributed by atoms with Crippen LogP contribution in [-0.2, 0) is 4.79 Å². The van der Waals surface area contributed by atoms with Crippen LogP contribution in [0.2, 0.25) is 0 Å². The maximum atomic E-state index is 12.9. The largest absolute Gasteiger partial charge is 0.508 e. The first-order valence-electron chi connectivity index (χ1n) is 10.2. The molecule has 0 amide bonds. The molecular formula is C26H24O4. The van der Waals surface area contributed by atoms with Crippen LogP contribution in [0.3, 0.4) is 0 Å². The van der Waals surface area contributed by atoms with Crippen LogP contribution < -0.4 is 9.47 Å². The molecule has 30 heavy (non-hydrogen) atoms. The SMILES string of the molecule is COc1ccc(C2C3=C(CC(C)(C)C(=O)C3)Oc3ccc4ccc(O)cc4c32)cc1. The monoisotopic (exact) mass is 400 g/mol. The third-order valence-corrected chi connectivity index (χ3v) is 6.39. The fourth-order valence-electron chi connectivity index (χ4n) is 4.66. The fraction of sp³-hybridized carbons (Fsp3) is 0.269. The molecule has 3 aromatic rings. The number of rotatable bonds is 2. The van der Waals surface area contributed by atoms with E-state index in [4.69, 9.17) is 9.47 Å². The average molecular weight is 400 g/mol. The molecule has 4 nitrogen and oxygen atoms in total. The van der Waals surface area contributed by atoms with Gasteiger partial charge < -0.3 is 14.6 Å². The van der Waals surface area contributed by atoms with Crippen molar-refractivity contribution < 1.29 is 19.4 Å². The Balaban J connectivity index is 1.78. The molecular weight excluding hydrogens is 376 g/mol. The number of fused-ring (bicyclic) bond motifs is 3. The molecule has 0 bridgehead atoms. The molecule has 1 atom stereocenters. The van der Waals surface area contributed by atoms with Crippen LogP contribution in [-0.4, -0.2) is 18.0 Å². The summed E-state index contributed by atoms with van der Waals surface area (Å²) in [6.45, 7) is 3.97. The Morgan fingerprint density at radius 2 is 1.80 bits per heavy atom. The lowest BCUT2D eigenvalue weighted by molar-refractivity contribution is -0.127. The Morgan fingerprint density at radius 3 is 2.53 bits per heavy atom. The van der Waals surface area contributed by atoms with E-state index < -0.39 is 5.41 Å². The van der Waals surface area contributed by atoms with Gasteiger partial charge in [-0.1, -0.05) is 38.1 Å². The summed E-state index contributed by atoms with van der Waals surface area (Å²) in [6.07, 6.45) is 0.957. The molecule has 4 heteroatoms. The summed E-state index contributed by atoms with van der Waals surface area (Å²) in [6, 6.07) is 17.4. The molecule has 5 rings (SSSR count). The molecule has 0 saturated carbocycles. The smallest absolute Gasteiger partial charge is 0.143 e. The highest BCUT2D eigenvalue weighted by molar-refractivity contribution is 5.93. The minimum absolute atomic E-state index is 0.111. The molecule has 1 unspecified atom stereocenters. The van der Waals surface area contributed by atoms with Gasteiger partial charge in [0.15, 0.2) is 0 Å². The maximum Gasteiger partial charge on any atom is 0.143 e. The summed E-state index contributed by atoms with van der Waals surface area (Å²) in [5, 5.41) is 12.1. The number of aromatic hydroxyl groups is 1. The summed E-state index contributed by atoms with van der Waals surface area (Å²) in [5.41, 5.74) is 2.67. The van der Waals surface area contributed by atoms with Crippen molar-refractivity contribution >= 4 is 16.6 Å². The fourth-order valence-corrected chi connectivity index (χ4v) is 4.66. The third-order valence-electron chi connectivity index (χ3n) is 6.39. The number of ether oxygens (including phenoxy) is 2. The zero-order valence-corrected chi connectivity index (χ0v) is 17.4. The van der Waals surface area contributed by atoms with Crippen molar-refractivity contribution in [3.63, 3.8) is 0 Å². The van der Waals surface area contributed by atoms with Crippen molar-refractivity contribution in [3.05, 3.63) is 77.1 Å². The van der Waals surface area contributed by atoms with Crippen molar-refractivity contribution in [2.24, 2.45) is 5.41 Å². The summed E-state index contributed by atoms with van der Waals surface area (Å²) in [4.78, 5) is 12.9. The van der Waals surface area contributed by atoms with Crippen LogP contribution in [0.25, 0.3) is 10.8 Å². The van der Waals surface area contributed by atoms with Gasteiger partial charge in [0, 0.05) is 29.7 Å². The van der Waals surface area contributed by atoms with Crippen LogP contribution in [0, 0.1) is 5.41 Å². The summed E-state index contributed by atoms with van der Waals surface area (Å²) in [7, 11) is 1.65. The second-order valence-corrected chi connectivity index (χ2v) is 8.80. The first-order valence-corrected chi connectivity index (χ1v) is 10.2.